The zero-order chi connectivity index (χ0) is 11.6. The van der Waals surface area contributed by atoms with Gasteiger partial charge in [0.2, 0.25) is 5.91 Å². The van der Waals surface area contributed by atoms with Gasteiger partial charge in [0, 0.05) is 32.0 Å². The maximum Gasteiger partial charge on any atom is 0.223 e. The zero-order valence-electron chi connectivity index (χ0n) is 9.82. The van der Waals surface area contributed by atoms with Gasteiger partial charge in [0.25, 0.3) is 0 Å². The van der Waals surface area contributed by atoms with Gasteiger partial charge in [-0.2, -0.15) is 0 Å². The Morgan fingerprint density at radius 3 is 3.00 bits per heavy atom. The number of hydrogen-bond acceptors (Lipinski definition) is 3. The van der Waals surface area contributed by atoms with Gasteiger partial charge in [-0.3, -0.25) is 4.79 Å². The van der Waals surface area contributed by atoms with Crippen LogP contribution in [0.25, 0.3) is 0 Å². The van der Waals surface area contributed by atoms with E-state index in [1.165, 1.54) is 6.42 Å². The van der Waals surface area contributed by atoms with E-state index in [1.807, 2.05) is 4.90 Å². The van der Waals surface area contributed by atoms with E-state index in [2.05, 4.69) is 0 Å². The molecule has 3 N–H and O–H groups in total. The first-order chi connectivity index (χ1) is 7.65. The number of piperidine rings is 1. The Morgan fingerprint density at radius 1 is 1.44 bits per heavy atom. The highest BCUT2D eigenvalue weighted by molar-refractivity contribution is 5.76. The van der Waals surface area contributed by atoms with Crippen LogP contribution in [0.15, 0.2) is 0 Å². The third-order valence-electron chi connectivity index (χ3n) is 4.14. The Labute approximate surface area is 96.8 Å². The molecule has 1 amide bonds. The van der Waals surface area contributed by atoms with E-state index < -0.39 is 5.60 Å². The average molecular weight is 226 g/mol. The standard InChI is InChI=1S/C12H22N2O2/c13-7-4-11(15)14-8-6-12(16)5-2-1-3-10(12)9-14/h10,16H,1-9,13H2. The van der Waals surface area contributed by atoms with Crippen molar-refractivity contribution < 1.29 is 9.90 Å². The zero-order valence-corrected chi connectivity index (χ0v) is 9.82. The summed E-state index contributed by atoms with van der Waals surface area (Å²) < 4.78 is 0. The number of hydrogen-bond donors (Lipinski definition) is 2. The van der Waals surface area contributed by atoms with Crippen molar-refractivity contribution >= 4 is 5.91 Å². The molecule has 1 saturated carbocycles. The van der Waals surface area contributed by atoms with Crippen LogP contribution >= 0.6 is 0 Å². The van der Waals surface area contributed by atoms with Crippen LogP contribution in [-0.2, 0) is 4.79 Å². The molecule has 1 aliphatic heterocycles. The Kier molecular flexibility index (Phi) is 3.50. The van der Waals surface area contributed by atoms with E-state index >= 15 is 0 Å². The summed E-state index contributed by atoms with van der Waals surface area (Å²) in [5.41, 5.74) is 4.91. The molecule has 2 rings (SSSR count). The number of nitrogens with zero attached hydrogens (tertiary/aromatic N) is 1. The minimum Gasteiger partial charge on any atom is -0.389 e. The minimum absolute atomic E-state index is 0.148. The fourth-order valence-electron chi connectivity index (χ4n) is 3.08. The largest absolute Gasteiger partial charge is 0.389 e. The van der Waals surface area contributed by atoms with Gasteiger partial charge in [-0.05, 0) is 19.3 Å². The first kappa shape index (κ1) is 11.9. The van der Waals surface area contributed by atoms with Crippen molar-refractivity contribution in [1.29, 1.82) is 0 Å². The molecule has 0 radical (unpaired) electrons. The highest BCUT2D eigenvalue weighted by Crippen LogP contribution is 2.39. The van der Waals surface area contributed by atoms with Crippen molar-refractivity contribution in [2.75, 3.05) is 19.6 Å². The molecule has 1 aliphatic carbocycles. The Balaban J connectivity index is 1.96. The summed E-state index contributed by atoms with van der Waals surface area (Å²) in [7, 11) is 0. The predicted octanol–water partition coefficient (Wildman–Crippen LogP) is 0.489. The van der Waals surface area contributed by atoms with Gasteiger partial charge in [0.1, 0.15) is 0 Å². The minimum atomic E-state index is -0.488. The van der Waals surface area contributed by atoms with Gasteiger partial charge in [-0.1, -0.05) is 12.8 Å². The fourth-order valence-corrected chi connectivity index (χ4v) is 3.08. The summed E-state index contributed by atoms with van der Waals surface area (Å²) in [6.07, 6.45) is 5.47. The lowest BCUT2D eigenvalue weighted by Crippen LogP contribution is -2.54. The molecule has 2 atom stereocenters. The number of amides is 1. The second-order valence-corrected chi connectivity index (χ2v) is 5.17. The van der Waals surface area contributed by atoms with Crippen molar-refractivity contribution in [3.63, 3.8) is 0 Å². The first-order valence-corrected chi connectivity index (χ1v) is 6.36. The number of likely N-dealkylation sites (tertiary alicyclic amines) is 1. The summed E-state index contributed by atoms with van der Waals surface area (Å²) >= 11 is 0. The van der Waals surface area contributed by atoms with Crippen molar-refractivity contribution in [2.24, 2.45) is 11.7 Å². The van der Waals surface area contributed by atoms with Crippen LogP contribution in [0.4, 0.5) is 0 Å². The lowest BCUT2D eigenvalue weighted by atomic mass is 9.71. The highest BCUT2D eigenvalue weighted by Gasteiger charge is 2.43. The van der Waals surface area contributed by atoms with Crippen LogP contribution in [0, 0.1) is 5.92 Å². The Bertz CT molecular complexity index is 270. The molecule has 2 unspecified atom stereocenters. The van der Waals surface area contributed by atoms with Crippen LogP contribution in [-0.4, -0.2) is 41.1 Å². The molecule has 1 heterocycles. The van der Waals surface area contributed by atoms with Crippen molar-refractivity contribution in [3.05, 3.63) is 0 Å². The average Bonchev–Trinajstić information content (AvgIpc) is 2.28. The van der Waals surface area contributed by atoms with Crippen LogP contribution in [0.5, 0.6) is 0 Å². The van der Waals surface area contributed by atoms with Crippen molar-refractivity contribution in [2.45, 2.75) is 44.1 Å². The maximum absolute atomic E-state index is 11.7. The summed E-state index contributed by atoms with van der Waals surface area (Å²) in [5.74, 6) is 0.437. The van der Waals surface area contributed by atoms with E-state index in [9.17, 15) is 9.90 Å². The molecule has 2 aliphatic rings. The van der Waals surface area contributed by atoms with E-state index in [0.717, 1.165) is 32.2 Å². The van der Waals surface area contributed by atoms with Crippen LogP contribution < -0.4 is 5.73 Å². The number of rotatable bonds is 2. The van der Waals surface area contributed by atoms with Gasteiger partial charge < -0.3 is 15.7 Å². The first-order valence-electron chi connectivity index (χ1n) is 6.36. The molecule has 0 aromatic rings. The smallest absolute Gasteiger partial charge is 0.223 e. The quantitative estimate of drug-likeness (QED) is 0.720. The number of aliphatic hydroxyl groups is 1. The lowest BCUT2D eigenvalue weighted by Gasteiger charge is -2.47. The van der Waals surface area contributed by atoms with Gasteiger partial charge in [-0.25, -0.2) is 0 Å². The third kappa shape index (κ3) is 2.23. The second-order valence-electron chi connectivity index (χ2n) is 5.17. The number of carbonyl (C=O) groups is 1. The molecule has 0 spiro atoms. The Morgan fingerprint density at radius 2 is 2.25 bits per heavy atom. The van der Waals surface area contributed by atoms with E-state index in [4.69, 9.17) is 5.73 Å². The molecule has 0 bridgehead atoms. The Hall–Kier alpha value is -0.610. The number of fused-ring (bicyclic) bond motifs is 1. The topological polar surface area (TPSA) is 66.6 Å². The van der Waals surface area contributed by atoms with Crippen LogP contribution in [0.3, 0.4) is 0 Å². The summed E-state index contributed by atoms with van der Waals surface area (Å²) in [6.45, 7) is 1.85. The summed E-state index contributed by atoms with van der Waals surface area (Å²) in [4.78, 5) is 13.6. The monoisotopic (exact) mass is 226 g/mol. The molecular formula is C12H22N2O2. The van der Waals surface area contributed by atoms with Crippen LogP contribution in [0.1, 0.15) is 38.5 Å². The maximum atomic E-state index is 11.7. The SMILES string of the molecule is NCCC(=O)N1CCC2(O)CCCCC2C1. The molecular weight excluding hydrogens is 204 g/mol. The highest BCUT2D eigenvalue weighted by atomic mass is 16.3. The number of carbonyl (C=O) groups excluding carboxylic acids is 1. The molecule has 4 heteroatoms. The van der Waals surface area contributed by atoms with Gasteiger partial charge in [-0.15, -0.1) is 0 Å². The van der Waals surface area contributed by atoms with E-state index in [1.54, 1.807) is 0 Å². The van der Waals surface area contributed by atoms with Crippen LogP contribution in [0.2, 0.25) is 0 Å². The molecule has 92 valence electrons. The van der Waals surface area contributed by atoms with E-state index in [-0.39, 0.29) is 11.8 Å². The molecule has 16 heavy (non-hydrogen) atoms. The fraction of sp³-hybridized carbons (Fsp3) is 0.917. The molecule has 4 nitrogen and oxygen atoms in total. The van der Waals surface area contributed by atoms with Gasteiger partial charge in [0.05, 0.1) is 5.60 Å². The van der Waals surface area contributed by atoms with E-state index in [0.29, 0.717) is 19.5 Å². The normalized spacial score (nSPS) is 34.6. The molecule has 1 saturated heterocycles. The molecule has 2 fully saturated rings. The van der Waals surface area contributed by atoms with Crippen molar-refractivity contribution in [1.82, 2.24) is 4.90 Å². The van der Waals surface area contributed by atoms with Gasteiger partial charge in [0.15, 0.2) is 0 Å². The second kappa shape index (κ2) is 4.72. The summed E-state index contributed by atoms with van der Waals surface area (Å²) in [5, 5.41) is 10.5. The third-order valence-corrected chi connectivity index (χ3v) is 4.14. The number of nitrogens with two attached hydrogens (primary N) is 1. The molecule has 0 aromatic carbocycles. The lowest BCUT2D eigenvalue weighted by molar-refractivity contribution is -0.143. The predicted molar refractivity (Wildman–Crippen MR) is 61.8 cm³/mol. The summed E-state index contributed by atoms with van der Waals surface area (Å²) in [6, 6.07) is 0. The van der Waals surface area contributed by atoms with Gasteiger partial charge >= 0.3 is 0 Å². The molecule has 0 aromatic heterocycles. The van der Waals surface area contributed by atoms with Crippen molar-refractivity contribution in [3.8, 4) is 0 Å².